The summed E-state index contributed by atoms with van der Waals surface area (Å²) in [5.41, 5.74) is 1.25. The fraction of sp³-hybridized carbons (Fsp3) is 0.516. The van der Waals surface area contributed by atoms with Gasteiger partial charge in [-0.1, -0.05) is 61.5 Å². The van der Waals surface area contributed by atoms with Gasteiger partial charge in [0, 0.05) is 18.0 Å². The predicted octanol–water partition coefficient (Wildman–Crippen LogP) is 5.58. The topological polar surface area (TPSA) is 87.7 Å². The van der Waals surface area contributed by atoms with Gasteiger partial charge in [-0.25, -0.2) is 4.79 Å². The first-order valence-corrected chi connectivity index (χ1v) is 13.4. The molecule has 0 aliphatic rings. The van der Waals surface area contributed by atoms with Crippen molar-refractivity contribution in [2.24, 2.45) is 0 Å². The number of alkyl carbamates (subject to hydrolysis) is 1. The quantitative estimate of drug-likeness (QED) is 0.449. The number of hydrogen-bond donors (Lipinski definition) is 2. The first-order chi connectivity index (χ1) is 17.6. The van der Waals surface area contributed by atoms with Gasteiger partial charge in [0.2, 0.25) is 11.8 Å². The van der Waals surface area contributed by atoms with Crippen LogP contribution in [0.5, 0.6) is 0 Å². The van der Waals surface area contributed by atoms with E-state index in [1.807, 2.05) is 89.2 Å². The van der Waals surface area contributed by atoms with Gasteiger partial charge in [-0.2, -0.15) is 0 Å². The number of nitrogens with zero attached hydrogens (tertiary/aromatic N) is 1. The van der Waals surface area contributed by atoms with Crippen LogP contribution < -0.4 is 10.6 Å². The molecule has 0 spiro atoms. The molecule has 0 fully saturated rings. The molecule has 2 atom stereocenters. The highest BCUT2D eigenvalue weighted by atomic mass is 16.6. The molecule has 2 aromatic rings. The summed E-state index contributed by atoms with van der Waals surface area (Å²) in [6.07, 6.45) is 0.430. The molecule has 0 bridgehead atoms. The van der Waals surface area contributed by atoms with Gasteiger partial charge in [0.05, 0.1) is 0 Å². The van der Waals surface area contributed by atoms with Crippen LogP contribution in [0.2, 0.25) is 0 Å². The molecule has 0 saturated heterocycles. The maximum Gasteiger partial charge on any atom is 0.408 e. The average Bonchev–Trinajstić information content (AvgIpc) is 2.80. The number of ether oxygens (including phenoxy) is 1. The Kier molecular flexibility index (Phi) is 10.5. The molecule has 0 radical (unpaired) electrons. The third-order valence-electron chi connectivity index (χ3n) is 5.87. The number of nitrogens with one attached hydrogen (secondary N) is 2. The van der Waals surface area contributed by atoms with E-state index < -0.39 is 29.3 Å². The maximum atomic E-state index is 14.4. The Balaban J connectivity index is 2.59. The first-order valence-electron chi connectivity index (χ1n) is 13.4. The molecule has 0 aromatic heterocycles. The van der Waals surface area contributed by atoms with Crippen LogP contribution in [-0.2, 0) is 27.2 Å². The highest BCUT2D eigenvalue weighted by Crippen LogP contribution is 2.31. The van der Waals surface area contributed by atoms with E-state index in [0.717, 1.165) is 17.5 Å². The van der Waals surface area contributed by atoms with Crippen molar-refractivity contribution in [2.75, 3.05) is 0 Å². The second kappa shape index (κ2) is 12.9. The van der Waals surface area contributed by atoms with Crippen LogP contribution in [0.25, 0.3) is 0 Å². The Morgan fingerprint density at radius 3 is 1.89 bits per heavy atom. The molecule has 2 N–H and O–H groups in total. The second-order valence-corrected chi connectivity index (χ2v) is 11.9. The molecule has 7 nitrogen and oxygen atoms in total. The lowest BCUT2D eigenvalue weighted by Gasteiger charge is -2.43. The summed E-state index contributed by atoms with van der Waals surface area (Å²) in [5.74, 6) is -0.640. The molecular formula is C31H45N3O4. The molecule has 0 heterocycles. The van der Waals surface area contributed by atoms with Crippen molar-refractivity contribution in [3.8, 4) is 0 Å². The van der Waals surface area contributed by atoms with Crippen molar-refractivity contribution in [2.45, 2.75) is 104 Å². The minimum absolute atomic E-state index is 0.114. The summed E-state index contributed by atoms with van der Waals surface area (Å²) in [6.45, 7) is 16.9. The van der Waals surface area contributed by atoms with Gasteiger partial charge >= 0.3 is 6.09 Å². The van der Waals surface area contributed by atoms with E-state index in [4.69, 9.17) is 4.74 Å². The Morgan fingerprint density at radius 1 is 0.842 bits per heavy atom. The summed E-state index contributed by atoms with van der Waals surface area (Å²) < 4.78 is 5.49. The fourth-order valence-corrected chi connectivity index (χ4v) is 4.23. The lowest BCUT2D eigenvalue weighted by Crippen LogP contribution is -2.59. The van der Waals surface area contributed by atoms with Gasteiger partial charge in [0.25, 0.3) is 0 Å². The molecule has 0 aliphatic carbocycles. The fourth-order valence-electron chi connectivity index (χ4n) is 4.23. The summed E-state index contributed by atoms with van der Waals surface area (Å²) in [5, 5.41) is 5.79. The van der Waals surface area contributed by atoms with Gasteiger partial charge in [-0.05, 0) is 78.5 Å². The number of hydrogen-bond acceptors (Lipinski definition) is 4. The average molecular weight is 524 g/mol. The highest BCUT2D eigenvalue weighted by Gasteiger charge is 2.42. The lowest BCUT2D eigenvalue weighted by molar-refractivity contribution is -0.148. The van der Waals surface area contributed by atoms with Gasteiger partial charge in [0.15, 0.2) is 0 Å². The van der Waals surface area contributed by atoms with Crippen molar-refractivity contribution in [1.82, 2.24) is 15.5 Å². The molecule has 2 rings (SSSR count). The standard InChI is InChI=1S/C31H45N3O4/c1-10-22-16-18-24(19-17-22)26(27(35)32-21(2)3)34(30(4,5)6)28(36)25(20-23-14-12-11-13-15-23)33-29(37)38-31(7,8)9/h11-19,21,25-26H,10,20H2,1-9H3,(H,32,35)(H,33,37). The molecule has 2 aromatic carbocycles. The molecule has 2 unspecified atom stereocenters. The second-order valence-electron chi connectivity index (χ2n) is 11.9. The smallest absolute Gasteiger partial charge is 0.408 e. The Bertz CT molecular complexity index is 1070. The van der Waals surface area contributed by atoms with Crippen LogP contribution in [0.1, 0.15) is 85.0 Å². The van der Waals surface area contributed by atoms with Crippen molar-refractivity contribution >= 4 is 17.9 Å². The monoisotopic (exact) mass is 523 g/mol. The number of carbonyl (C=O) groups excluding carboxylic acids is 3. The minimum atomic E-state index is -0.948. The van der Waals surface area contributed by atoms with Gasteiger partial charge in [-0.3, -0.25) is 9.59 Å². The van der Waals surface area contributed by atoms with Crippen LogP contribution in [0.4, 0.5) is 4.79 Å². The van der Waals surface area contributed by atoms with E-state index in [9.17, 15) is 14.4 Å². The van der Waals surface area contributed by atoms with Crippen LogP contribution in [0, 0.1) is 0 Å². The lowest BCUT2D eigenvalue weighted by atomic mass is 9.93. The molecule has 208 valence electrons. The van der Waals surface area contributed by atoms with Crippen LogP contribution in [0.15, 0.2) is 54.6 Å². The van der Waals surface area contributed by atoms with Crippen molar-refractivity contribution < 1.29 is 19.1 Å². The van der Waals surface area contributed by atoms with E-state index in [-0.39, 0.29) is 24.3 Å². The Morgan fingerprint density at radius 2 is 1.42 bits per heavy atom. The minimum Gasteiger partial charge on any atom is -0.444 e. The van der Waals surface area contributed by atoms with Crippen LogP contribution >= 0.6 is 0 Å². The number of carbonyl (C=O) groups is 3. The zero-order valence-corrected chi connectivity index (χ0v) is 24.4. The SMILES string of the molecule is CCc1ccc(C(C(=O)NC(C)C)N(C(=O)C(Cc2ccccc2)NC(=O)OC(C)(C)C)C(C)(C)C)cc1. The molecule has 3 amide bonds. The van der Waals surface area contributed by atoms with E-state index in [1.54, 1.807) is 25.7 Å². The molecule has 38 heavy (non-hydrogen) atoms. The maximum absolute atomic E-state index is 14.4. The third kappa shape index (κ3) is 9.19. The van der Waals surface area contributed by atoms with Crippen molar-refractivity contribution in [1.29, 1.82) is 0 Å². The molecule has 7 heteroatoms. The highest BCUT2D eigenvalue weighted by molar-refractivity contribution is 5.93. The van der Waals surface area contributed by atoms with Gasteiger partial charge in [0.1, 0.15) is 17.7 Å². The first kappa shape index (κ1) is 30.9. The van der Waals surface area contributed by atoms with E-state index >= 15 is 0 Å². The van der Waals surface area contributed by atoms with E-state index in [0.29, 0.717) is 5.56 Å². The van der Waals surface area contributed by atoms with Crippen molar-refractivity contribution in [3.63, 3.8) is 0 Å². The third-order valence-corrected chi connectivity index (χ3v) is 5.87. The Labute approximate surface area is 228 Å². The summed E-state index contributed by atoms with van der Waals surface area (Å²) in [4.78, 5) is 42.5. The van der Waals surface area contributed by atoms with Crippen LogP contribution in [0.3, 0.4) is 0 Å². The summed E-state index contributed by atoms with van der Waals surface area (Å²) >= 11 is 0. The number of rotatable bonds is 9. The van der Waals surface area contributed by atoms with E-state index in [1.165, 1.54) is 0 Å². The Hall–Kier alpha value is -3.35. The molecular weight excluding hydrogens is 478 g/mol. The largest absolute Gasteiger partial charge is 0.444 e. The zero-order valence-electron chi connectivity index (χ0n) is 24.4. The number of benzene rings is 2. The summed E-state index contributed by atoms with van der Waals surface area (Å²) in [7, 11) is 0. The molecule has 0 saturated carbocycles. The number of amides is 3. The molecule has 0 aliphatic heterocycles. The predicted molar refractivity (Wildman–Crippen MR) is 152 cm³/mol. The normalized spacial score (nSPS) is 13.4. The van der Waals surface area contributed by atoms with Gasteiger partial charge < -0.3 is 20.3 Å². The van der Waals surface area contributed by atoms with Gasteiger partial charge in [-0.15, -0.1) is 0 Å². The number of aryl methyl sites for hydroxylation is 1. The van der Waals surface area contributed by atoms with E-state index in [2.05, 4.69) is 17.6 Å². The van der Waals surface area contributed by atoms with Crippen molar-refractivity contribution in [3.05, 3.63) is 71.3 Å². The zero-order chi connectivity index (χ0) is 28.7. The van der Waals surface area contributed by atoms with Crippen LogP contribution in [-0.4, -0.2) is 46.0 Å². The summed E-state index contributed by atoms with van der Waals surface area (Å²) in [6, 6.07) is 15.3.